The molecule has 0 saturated heterocycles. The molecule has 5 nitrogen and oxygen atoms in total. The lowest BCUT2D eigenvalue weighted by molar-refractivity contribution is -0.137. The normalized spacial score (nSPS) is 11.3. The van der Waals surface area contributed by atoms with Crippen molar-refractivity contribution in [2.75, 3.05) is 5.32 Å². The summed E-state index contributed by atoms with van der Waals surface area (Å²) in [5.41, 5.74) is 1.22. The molecule has 158 valence electrons. The van der Waals surface area contributed by atoms with Gasteiger partial charge in [0.25, 0.3) is 5.91 Å². The van der Waals surface area contributed by atoms with Crippen molar-refractivity contribution in [1.82, 2.24) is 10.3 Å². The first kappa shape index (κ1) is 21.8. The monoisotopic (exact) mass is 425 g/mol. The van der Waals surface area contributed by atoms with E-state index in [0.29, 0.717) is 16.8 Å². The Hall–Kier alpha value is -3.94. The lowest BCUT2D eigenvalue weighted by Gasteiger charge is -2.10. The van der Waals surface area contributed by atoms with E-state index in [1.165, 1.54) is 30.3 Å². The quantitative estimate of drug-likeness (QED) is 0.564. The summed E-state index contributed by atoms with van der Waals surface area (Å²) >= 11 is 0. The molecule has 1 aromatic heterocycles. The minimum absolute atomic E-state index is 0.0406. The minimum Gasteiger partial charge on any atom is -0.348 e. The molecule has 0 saturated carbocycles. The van der Waals surface area contributed by atoms with Gasteiger partial charge < -0.3 is 10.6 Å². The Bertz CT molecular complexity index is 1080. The predicted octanol–water partition coefficient (Wildman–Crippen LogP) is 4.68. The third kappa shape index (κ3) is 6.53. The number of pyridine rings is 1. The molecule has 8 heteroatoms. The molecular weight excluding hydrogens is 407 g/mol. The van der Waals surface area contributed by atoms with Crippen LogP contribution in [0.25, 0.3) is 6.08 Å². The van der Waals surface area contributed by atoms with E-state index in [1.807, 2.05) is 0 Å². The third-order valence-electron chi connectivity index (χ3n) is 4.26. The number of carbonyl (C=O) groups excluding carboxylic acids is 2. The van der Waals surface area contributed by atoms with Gasteiger partial charge in [0.15, 0.2) is 0 Å². The van der Waals surface area contributed by atoms with Crippen LogP contribution < -0.4 is 10.6 Å². The molecule has 0 bridgehead atoms. The highest BCUT2D eigenvalue weighted by Gasteiger charge is 2.30. The summed E-state index contributed by atoms with van der Waals surface area (Å²) in [6, 6.07) is 14.5. The van der Waals surface area contributed by atoms with E-state index in [4.69, 9.17) is 0 Å². The van der Waals surface area contributed by atoms with Gasteiger partial charge in [0.2, 0.25) is 5.91 Å². The Morgan fingerprint density at radius 3 is 2.35 bits per heavy atom. The van der Waals surface area contributed by atoms with Gasteiger partial charge in [-0.2, -0.15) is 13.2 Å². The Morgan fingerprint density at radius 2 is 1.68 bits per heavy atom. The molecule has 0 aliphatic carbocycles. The van der Waals surface area contributed by atoms with Crippen LogP contribution in [0.4, 0.5) is 18.9 Å². The predicted molar refractivity (Wildman–Crippen MR) is 111 cm³/mol. The summed E-state index contributed by atoms with van der Waals surface area (Å²) in [6.07, 6.45) is 1.83. The number of carbonyl (C=O) groups is 2. The van der Waals surface area contributed by atoms with Crippen molar-refractivity contribution >= 4 is 23.6 Å². The van der Waals surface area contributed by atoms with Gasteiger partial charge in [-0.25, -0.2) is 0 Å². The number of alkyl halides is 3. The molecule has 31 heavy (non-hydrogen) atoms. The molecule has 0 aliphatic rings. The van der Waals surface area contributed by atoms with Crippen LogP contribution in [0.5, 0.6) is 0 Å². The topological polar surface area (TPSA) is 71.1 Å². The molecule has 0 aliphatic heterocycles. The van der Waals surface area contributed by atoms with Crippen LogP contribution in [0.2, 0.25) is 0 Å². The highest BCUT2D eigenvalue weighted by molar-refractivity contribution is 6.02. The van der Waals surface area contributed by atoms with Gasteiger partial charge in [-0.3, -0.25) is 14.6 Å². The van der Waals surface area contributed by atoms with Gasteiger partial charge in [0.05, 0.1) is 5.56 Å². The average molecular weight is 425 g/mol. The number of anilines is 1. The molecule has 0 fully saturated rings. The second-order valence-electron chi connectivity index (χ2n) is 6.56. The van der Waals surface area contributed by atoms with E-state index in [1.54, 1.807) is 42.7 Å². The molecule has 0 atom stereocenters. The van der Waals surface area contributed by atoms with Gasteiger partial charge in [-0.1, -0.05) is 12.1 Å². The Kier molecular flexibility index (Phi) is 6.81. The van der Waals surface area contributed by atoms with Gasteiger partial charge in [-0.05, 0) is 65.7 Å². The number of amides is 2. The van der Waals surface area contributed by atoms with Crippen LogP contribution in [-0.2, 0) is 17.5 Å². The SMILES string of the molecule is O=C(/C=C/c1ccncc1)Nc1ccc(C(=O)NCc2cccc(C(F)(F)F)c2)cc1. The van der Waals surface area contributed by atoms with E-state index in [0.717, 1.165) is 17.7 Å². The molecule has 2 N–H and O–H groups in total. The van der Waals surface area contributed by atoms with Gasteiger partial charge >= 0.3 is 6.18 Å². The van der Waals surface area contributed by atoms with Crippen molar-refractivity contribution in [2.45, 2.75) is 12.7 Å². The summed E-state index contributed by atoms with van der Waals surface area (Å²) < 4.78 is 38.3. The van der Waals surface area contributed by atoms with Crippen molar-refractivity contribution in [3.8, 4) is 0 Å². The molecular formula is C23H18F3N3O2. The molecule has 0 spiro atoms. The maximum Gasteiger partial charge on any atom is 0.416 e. The molecule has 2 amide bonds. The third-order valence-corrected chi connectivity index (χ3v) is 4.26. The minimum atomic E-state index is -4.44. The van der Waals surface area contributed by atoms with Crippen molar-refractivity contribution < 1.29 is 22.8 Å². The van der Waals surface area contributed by atoms with Crippen LogP contribution >= 0.6 is 0 Å². The Labute approximate surface area is 176 Å². The number of rotatable bonds is 6. The van der Waals surface area contributed by atoms with E-state index in [9.17, 15) is 22.8 Å². The zero-order valence-corrected chi connectivity index (χ0v) is 16.2. The zero-order valence-electron chi connectivity index (χ0n) is 16.2. The highest BCUT2D eigenvalue weighted by atomic mass is 19.4. The van der Waals surface area contributed by atoms with Crippen molar-refractivity contribution in [3.63, 3.8) is 0 Å². The van der Waals surface area contributed by atoms with E-state index in [2.05, 4.69) is 15.6 Å². The number of nitrogens with one attached hydrogen (secondary N) is 2. The Balaban J connectivity index is 1.54. The average Bonchev–Trinajstić information content (AvgIpc) is 2.77. The first-order valence-electron chi connectivity index (χ1n) is 9.25. The molecule has 3 rings (SSSR count). The fourth-order valence-corrected chi connectivity index (χ4v) is 2.68. The summed E-state index contributed by atoms with van der Waals surface area (Å²) in [5, 5.41) is 5.26. The standard InChI is InChI=1S/C23H18F3N3O2/c24-23(25,26)19-3-1-2-17(14-19)15-28-22(31)18-5-7-20(8-6-18)29-21(30)9-4-16-10-12-27-13-11-16/h1-14H,15H2,(H,28,31)(H,29,30)/b9-4+. The maximum absolute atomic E-state index is 12.8. The van der Waals surface area contributed by atoms with E-state index in [-0.39, 0.29) is 12.5 Å². The first-order valence-corrected chi connectivity index (χ1v) is 9.25. The summed E-state index contributed by atoms with van der Waals surface area (Å²) in [6.45, 7) is -0.0406. The number of hydrogen-bond acceptors (Lipinski definition) is 3. The number of nitrogens with zero attached hydrogens (tertiary/aromatic N) is 1. The van der Waals surface area contributed by atoms with E-state index < -0.39 is 17.6 Å². The van der Waals surface area contributed by atoms with Crippen LogP contribution in [0.1, 0.15) is 27.0 Å². The Morgan fingerprint density at radius 1 is 0.968 bits per heavy atom. The molecule has 1 heterocycles. The lowest BCUT2D eigenvalue weighted by Crippen LogP contribution is -2.23. The highest BCUT2D eigenvalue weighted by Crippen LogP contribution is 2.29. The number of aromatic nitrogens is 1. The van der Waals surface area contributed by atoms with E-state index >= 15 is 0 Å². The van der Waals surface area contributed by atoms with Crippen molar-refractivity contribution in [2.24, 2.45) is 0 Å². The molecule has 0 radical (unpaired) electrons. The van der Waals surface area contributed by atoms with Gasteiger partial charge in [-0.15, -0.1) is 0 Å². The van der Waals surface area contributed by atoms with Gasteiger partial charge in [0, 0.05) is 36.3 Å². The van der Waals surface area contributed by atoms with Crippen molar-refractivity contribution in [1.29, 1.82) is 0 Å². The molecule has 2 aromatic carbocycles. The summed E-state index contributed by atoms with van der Waals surface area (Å²) in [5.74, 6) is -0.772. The molecule has 3 aromatic rings. The van der Waals surface area contributed by atoms with Crippen LogP contribution in [0, 0.1) is 0 Å². The fourth-order valence-electron chi connectivity index (χ4n) is 2.68. The summed E-state index contributed by atoms with van der Waals surface area (Å²) in [4.78, 5) is 28.1. The lowest BCUT2D eigenvalue weighted by atomic mass is 10.1. The maximum atomic E-state index is 12.8. The van der Waals surface area contributed by atoms with Crippen LogP contribution in [0.3, 0.4) is 0 Å². The van der Waals surface area contributed by atoms with Crippen LogP contribution in [-0.4, -0.2) is 16.8 Å². The van der Waals surface area contributed by atoms with Gasteiger partial charge in [0.1, 0.15) is 0 Å². The second-order valence-corrected chi connectivity index (χ2v) is 6.56. The second kappa shape index (κ2) is 9.71. The van der Waals surface area contributed by atoms with Crippen molar-refractivity contribution in [3.05, 3.63) is 101 Å². The number of halogens is 3. The number of benzene rings is 2. The molecule has 0 unspecified atom stereocenters. The first-order chi connectivity index (χ1) is 14.8. The number of hydrogen-bond donors (Lipinski definition) is 2. The zero-order chi connectivity index (χ0) is 22.3. The fraction of sp³-hybridized carbons (Fsp3) is 0.0870. The van der Waals surface area contributed by atoms with Crippen LogP contribution in [0.15, 0.2) is 79.1 Å². The summed E-state index contributed by atoms with van der Waals surface area (Å²) in [7, 11) is 0. The smallest absolute Gasteiger partial charge is 0.348 e. The largest absolute Gasteiger partial charge is 0.416 e.